The van der Waals surface area contributed by atoms with Crippen molar-refractivity contribution in [2.75, 3.05) is 19.8 Å². The first kappa shape index (κ1) is 14.8. The molecule has 0 radical (unpaired) electrons. The van der Waals surface area contributed by atoms with Gasteiger partial charge >= 0.3 is 0 Å². The van der Waals surface area contributed by atoms with Crippen molar-refractivity contribution in [1.29, 1.82) is 0 Å². The van der Waals surface area contributed by atoms with Crippen LogP contribution in [0.2, 0.25) is 0 Å². The third-order valence-electron chi connectivity index (χ3n) is 3.97. The Morgan fingerprint density at radius 1 is 1.45 bits per heavy atom. The first-order chi connectivity index (χ1) is 10.7. The Hall–Kier alpha value is -2.08. The number of nitrogens with zero attached hydrogens (tertiary/aromatic N) is 3. The second kappa shape index (κ2) is 6.36. The molecule has 1 amide bonds. The van der Waals surface area contributed by atoms with Crippen molar-refractivity contribution in [2.45, 2.75) is 26.9 Å². The number of hydrogen-bond donors (Lipinski definition) is 0. The first-order valence-corrected chi connectivity index (χ1v) is 7.60. The van der Waals surface area contributed by atoms with E-state index in [-0.39, 0.29) is 11.8 Å². The topological polar surface area (TPSA) is 60.5 Å². The summed E-state index contributed by atoms with van der Waals surface area (Å²) in [5.41, 5.74) is 1.90. The number of rotatable bonds is 4. The minimum atomic E-state index is -0.0707. The molecule has 1 unspecified atom stereocenters. The minimum absolute atomic E-state index is 0.0707. The van der Waals surface area contributed by atoms with Crippen LogP contribution in [-0.4, -0.2) is 40.3 Å². The third-order valence-corrected chi connectivity index (χ3v) is 3.97. The molecule has 118 valence electrons. The average molecular weight is 303 g/mol. The van der Waals surface area contributed by atoms with Gasteiger partial charge in [-0.1, -0.05) is 0 Å². The van der Waals surface area contributed by atoms with E-state index in [9.17, 15) is 4.79 Å². The maximum Gasteiger partial charge on any atom is 0.290 e. The summed E-state index contributed by atoms with van der Waals surface area (Å²) in [5.74, 6) is 0.571. The predicted octanol–water partition coefficient (Wildman–Crippen LogP) is 2.09. The van der Waals surface area contributed by atoms with Gasteiger partial charge in [0.05, 0.1) is 25.1 Å². The fourth-order valence-electron chi connectivity index (χ4n) is 2.81. The van der Waals surface area contributed by atoms with Crippen molar-refractivity contribution in [2.24, 2.45) is 5.92 Å². The average Bonchev–Trinajstić information content (AvgIpc) is 3.09. The lowest BCUT2D eigenvalue weighted by Gasteiger charge is -2.23. The lowest BCUT2D eigenvalue weighted by atomic mass is 10.1. The Morgan fingerprint density at radius 2 is 2.32 bits per heavy atom. The summed E-state index contributed by atoms with van der Waals surface area (Å²) in [7, 11) is 0. The third kappa shape index (κ3) is 2.92. The zero-order valence-corrected chi connectivity index (χ0v) is 13.0. The Balaban J connectivity index is 1.83. The van der Waals surface area contributed by atoms with Crippen LogP contribution < -0.4 is 0 Å². The van der Waals surface area contributed by atoms with E-state index in [4.69, 9.17) is 9.15 Å². The second-order valence-electron chi connectivity index (χ2n) is 5.65. The molecular formula is C16H21N3O3. The number of hydrogen-bond acceptors (Lipinski definition) is 4. The summed E-state index contributed by atoms with van der Waals surface area (Å²) in [5, 5.41) is 4.35. The number of aromatic nitrogens is 2. The van der Waals surface area contributed by atoms with Crippen LogP contribution in [0.15, 0.2) is 29.0 Å². The summed E-state index contributed by atoms with van der Waals surface area (Å²) in [6.07, 6.45) is 3.33. The normalized spacial score (nSPS) is 18.1. The SMILES string of the molecule is CCOCC1CN(C(=O)c2occc2C)Cc2ccnn2C1. The van der Waals surface area contributed by atoms with Gasteiger partial charge in [-0.15, -0.1) is 0 Å². The van der Waals surface area contributed by atoms with Crippen molar-refractivity contribution in [3.63, 3.8) is 0 Å². The van der Waals surface area contributed by atoms with E-state index in [0.29, 0.717) is 32.1 Å². The highest BCUT2D eigenvalue weighted by atomic mass is 16.5. The van der Waals surface area contributed by atoms with Crippen LogP contribution in [0.1, 0.15) is 28.7 Å². The molecule has 0 fully saturated rings. The molecule has 0 spiro atoms. The molecule has 3 rings (SSSR count). The Labute approximate surface area is 129 Å². The predicted molar refractivity (Wildman–Crippen MR) is 80.4 cm³/mol. The lowest BCUT2D eigenvalue weighted by molar-refractivity contribution is 0.0590. The zero-order valence-electron chi connectivity index (χ0n) is 13.0. The van der Waals surface area contributed by atoms with E-state index in [1.807, 2.05) is 35.6 Å². The standard InChI is InChI=1S/C16H21N3O3/c1-3-21-11-13-8-18(10-14-4-6-17-19(14)9-13)16(20)15-12(2)5-7-22-15/h4-7,13H,3,8-11H2,1-2H3. The molecule has 6 heteroatoms. The molecule has 2 aromatic heterocycles. The van der Waals surface area contributed by atoms with Crippen LogP contribution in [0.4, 0.5) is 0 Å². The van der Waals surface area contributed by atoms with Crippen molar-refractivity contribution < 1.29 is 13.9 Å². The fourth-order valence-corrected chi connectivity index (χ4v) is 2.81. The van der Waals surface area contributed by atoms with E-state index in [1.54, 1.807) is 12.5 Å². The van der Waals surface area contributed by atoms with Crippen molar-refractivity contribution in [3.8, 4) is 0 Å². The van der Waals surface area contributed by atoms with Gasteiger partial charge in [0.25, 0.3) is 5.91 Å². The minimum Gasteiger partial charge on any atom is -0.459 e. The molecule has 0 N–H and O–H groups in total. The van der Waals surface area contributed by atoms with Crippen LogP contribution in [0.5, 0.6) is 0 Å². The summed E-state index contributed by atoms with van der Waals surface area (Å²) < 4.78 is 12.9. The second-order valence-corrected chi connectivity index (χ2v) is 5.65. The Kier molecular flexibility index (Phi) is 4.29. The number of ether oxygens (including phenoxy) is 1. The highest BCUT2D eigenvalue weighted by Gasteiger charge is 2.28. The molecule has 3 heterocycles. The maximum absolute atomic E-state index is 12.7. The molecule has 1 aliphatic heterocycles. The van der Waals surface area contributed by atoms with Gasteiger partial charge in [-0.2, -0.15) is 5.10 Å². The van der Waals surface area contributed by atoms with E-state index in [1.165, 1.54) is 0 Å². The number of furan rings is 1. The molecule has 0 saturated carbocycles. The van der Waals surface area contributed by atoms with Gasteiger partial charge in [0.1, 0.15) is 0 Å². The molecular weight excluding hydrogens is 282 g/mol. The number of carbonyl (C=O) groups is 1. The van der Waals surface area contributed by atoms with Gasteiger partial charge in [0, 0.05) is 37.4 Å². The molecule has 1 atom stereocenters. The van der Waals surface area contributed by atoms with Gasteiger partial charge in [0.15, 0.2) is 5.76 Å². The van der Waals surface area contributed by atoms with Gasteiger partial charge in [-0.3, -0.25) is 9.48 Å². The molecule has 0 aromatic carbocycles. The summed E-state index contributed by atoms with van der Waals surface area (Å²) in [6.45, 7) is 7.11. The van der Waals surface area contributed by atoms with E-state index in [2.05, 4.69) is 5.10 Å². The molecule has 0 saturated heterocycles. The van der Waals surface area contributed by atoms with Crippen molar-refractivity contribution in [1.82, 2.24) is 14.7 Å². The molecule has 6 nitrogen and oxygen atoms in total. The van der Waals surface area contributed by atoms with Crippen LogP contribution >= 0.6 is 0 Å². The fraction of sp³-hybridized carbons (Fsp3) is 0.500. The van der Waals surface area contributed by atoms with Crippen molar-refractivity contribution in [3.05, 3.63) is 41.6 Å². The Morgan fingerprint density at radius 3 is 3.05 bits per heavy atom. The van der Waals surface area contributed by atoms with Gasteiger partial charge in [-0.05, 0) is 26.0 Å². The first-order valence-electron chi connectivity index (χ1n) is 7.60. The molecule has 0 aliphatic carbocycles. The Bertz CT molecular complexity index is 647. The van der Waals surface area contributed by atoms with E-state index < -0.39 is 0 Å². The molecule has 0 bridgehead atoms. The van der Waals surface area contributed by atoms with Crippen LogP contribution in [0.25, 0.3) is 0 Å². The van der Waals surface area contributed by atoms with Crippen LogP contribution in [0.3, 0.4) is 0 Å². The summed E-state index contributed by atoms with van der Waals surface area (Å²) in [6, 6.07) is 3.77. The largest absolute Gasteiger partial charge is 0.459 e. The van der Waals surface area contributed by atoms with Gasteiger partial charge in [0.2, 0.25) is 0 Å². The molecule has 1 aliphatic rings. The molecule has 22 heavy (non-hydrogen) atoms. The van der Waals surface area contributed by atoms with Crippen LogP contribution in [-0.2, 0) is 17.8 Å². The van der Waals surface area contributed by atoms with Crippen LogP contribution in [0, 0.1) is 12.8 Å². The number of amides is 1. The quantitative estimate of drug-likeness (QED) is 0.868. The number of aryl methyl sites for hydroxylation is 1. The van der Waals surface area contributed by atoms with Crippen molar-refractivity contribution >= 4 is 5.91 Å². The highest BCUT2D eigenvalue weighted by molar-refractivity contribution is 5.92. The van der Waals surface area contributed by atoms with Gasteiger partial charge < -0.3 is 14.1 Å². The summed E-state index contributed by atoms with van der Waals surface area (Å²) in [4.78, 5) is 14.6. The summed E-state index contributed by atoms with van der Waals surface area (Å²) >= 11 is 0. The monoisotopic (exact) mass is 303 g/mol. The lowest BCUT2D eigenvalue weighted by Crippen LogP contribution is -2.35. The molecule has 2 aromatic rings. The zero-order chi connectivity index (χ0) is 15.5. The van der Waals surface area contributed by atoms with E-state index >= 15 is 0 Å². The van der Waals surface area contributed by atoms with Gasteiger partial charge in [-0.25, -0.2) is 0 Å². The number of fused-ring (bicyclic) bond motifs is 1. The van der Waals surface area contributed by atoms with E-state index in [0.717, 1.165) is 17.8 Å². The number of carbonyl (C=O) groups excluding carboxylic acids is 1. The highest BCUT2D eigenvalue weighted by Crippen LogP contribution is 2.20. The maximum atomic E-state index is 12.7. The smallest absolute Gasteiger partial charge is 0.290 e.